The quantitative estimate of drug-likeness (QED) is 0.640. The Morgan fingerprint density at radius 3 is 2.32 bits per heavy atom. The molecule has 0 aromatic heterocycles. The third-order valence-corrected chi connectivity index (χ3v) is 6.61. The molecule has 2 aromatic rings. The molecule has 0 radical (unpaired) electrons. The lowest BCUT2D eigenvalue weighted by atomic mass is 9.93. The highest BCUT2D eigenvalue weighted by Crippen LogP contribution is 2.23. The average Bonchev–Trinajstić information content (AvgIpc) is 3.07. The number of carbonyl (C=O) groups excluding carboxylic acids is 3. The van der Waals surface area contributed by atoms with Crippen LogP contribution < -0.4 is 5.32 Å². The van der Waals surface area contributed by atoms with Crippen LogP contribution in [0, 0.1) is 11.3 Å². The molecule has 0 aliphatic carbocycles. The summed E-state index contributed by atoms with van der Waals surface area (Å²) in [5.74, 6) is -0.560. The topological polar surface area (TPSA) is 96.8 Å². The lowest BCUT2D eigenvalue weighted by Gasteiger charge is -2.35. The Balaban J connectivity index is 1.27. The van der Waals surface area contributed by atoms with Crippen molar-refractivity contribution in [1.29, 1.82) is 5.26 Å². The molecule has 2 heterocycles. The second-order valence-electron chi connectivity index (χ2n) is 9.10. The van der Waals surface area contributed by atoms with Crippen LogP contribution in [0.15, 0.2) is 54.6 Å². The number of carbonyl (C=O) groups is 3. The number of nitrogens with one attached hydrogen (secondary N) is 1. The number of amides is 4. The van der Waals surface area contributed by atoms with Crippen molar-refractivity contribution in [3.05, 3.63) is 71.3 Å². The van der Waals surface area contributed by atoms with Crippen LogP contribution in [0.5, 0.6) is 0 Å². The zero-order chi connectivity index (χ0) is 24.1. The number of hydrogen-bond acceptors (Lipinski definition) is 5. The summed E-state index contributed by atoms with van der Waals surface area (Å²) in [6.45, 7) is 4.75. The summed E-state index contributed by atoms with van der Waals surface area (Å²) in [4.78, 5) is 43.4. The number of rotatable bonds is 7. The van der Waals surface area contributed by atoms with Gasteiger partial charge in [-0.15, -0.1) is 0 Å². The van der Waals surface area contributed by atoms with Gasteiger partial charge in [0.25, 0.3) is 5.91 Å². The molecule has 8 nitrogen and oxygen atoms in total. The van der Waals surface area contributed by atoms with Crippen molar-refractivity contribution in [3.63, 3.8) is 0 Å². The molecule has 2 saturated heterocycles. The van der Waals surface area contributed by atoms with Gasteiger partial charge in [0.1, 0.15) is 12.1 Å². The van der Waals surface area contributed by atoms with Crippen LogP contribution in [0.25, 0.3) is 0 Å². The van der Waals surface area contributed by atoms with Gasteiger partial charge in [0.15, 0.2) is 0 Å². The summed E-state index contributed by atoms with van der Waals surface area (Å²) in [7, 11) is 0. The Labute approximate surface area is 199 Å². The third-order valence-electron chi connectivity index (χ3n) is 6.61. The van der Waals surface area contributed by atoms with E-state index in [1.165, 1.54) is 0 Å². The summed E-state index contributed by atoms with van der Waals surface area (Å²) < 4.78 is 0. The zero-order valence-electron chi connectivity index (χ0n) is 19.4. The van der Waals surface area contributed by atoms with Gasteiger partial charge >= 0.3 is 6.03 Å². The van der Waals surface area contributed by atoms with E-state index in [2.05, 4.69) is 16.3 Å². The van der Waals surface area contributed by atoms with E-state index in [1.54, 1.807) is 24.0 Å². The minimum absolute atomic E-state index is 0.214. The lowest BCUT2D eigenvalue weighted by molar-refractivity contribution is -0.139. The normalized spacial score (nSPS) is 20.8. The van der Waals surface area contributed by atoms with Crippen LogP contribution in [-0.4, -0.2) is 70.8 Å². The highest BCUT2D eigenvalue weighted by Gasteiger charge is 2.48. The molecule has 0 spiro atoms. The first-order valence-corrected chi connectivity index (χ1v) is 11.6. The molecule has 4 rings (SSSR count). The zero-order valence-corrected chi connectivity index (χ0v) is 19.4. The highest BCUT2D eigenvalue weighted by molar-refractivity contribution is 6.08. The van der Waals surface area contributed by atoms with Crippen molar-refractivity contribution in [2.24, 2.45) is 0 Å². The SMILES string of the molecule is CC1(CCc2ccccc2)NC(=O)N(CC(=O)N2CCN(Cc3ccc(C#N)cc3)CC2)C1=O. The van der Waals surface area contributed by atoms with E-state index in [0.717, 1.165) is 22.6 Å². The van der Waals surface area contributed by atoms with Gasteiger partial charge in [-0.25, -0.2) is 4.79 Å². The van der Waals surface area contributed by atoms with Gasteiger partial charge in [-0.1, -0.05) is 42.5 Å². The second-order valence-corrected chi connectivity index (χ2v) is 9.10. The fraction of sp³-hybridized carbons (Fsp3) is 0.385. The number of hydrogen-bond donors (Lipinski definition) is 1. The van der Waals surface area contributed by atoms with Gasteiger partial charge in [0.05, 0.1) is 11.6 Å². The van der Waals surface area contributed by atoms with Crippen molar-refractivity contribution >= 4 is 17.8 Å². The molecular formula is C26H29N5O3. The summed E-state index contributed by atoms with van der Waals surface area (Å²) in [5.41, 5.74) is 1.84. The van der Waals surface area contributed by atoms with E-state index in [9.17, 15) is 14.4 Å². The molecular weight excluding hydrogens is 430 g/mol. The summed E-state index contributed by atoms with van der Waals surface area (Å²) in [6.07, 6.45) is 1.13. The van der Waals surface area contributed by atoms with Gasteiger partial charge in [-0.05, 0) is 43.0 Å². The predicted molar refractivity (Wildman–Crippen MR) is 126 cm³/mol. The largest absolute Gasteiger partial charge is 0.339 e. The maximum Gasteiger partial charge on any atom is 0.325 e. The minimum atomic E-state index is -1.01. The molecule has 2 fully saturated rings. The van der Waals surface area contributed by atoms with Gasteiger partial charge < -0.3 is 10.2 Å². The summed E-state index contributed by atoms with van der Waals surface area (Å²) in [5, 5.41) is 11.7. The molecule has 8 heteroatoms. The minimum Gasteiger partial charge on any atom is -0.339 e. The number of nitrogens with zero attached hydrogens (tertiary/aromatic N) is 4. The summed E-state index contributed by atoms with van der Waals surface area (Å²) in [6, 6.07) is 18.9. The number of aryl methyl sites for hydroxylation is 1. The summed E-state index contributed by atoms with van der Waals surface area (Å²) >= 11 is 0. The number of urea groups is 1. The van der Waals surface area contributed by atoms with Gasteiger partial charge in [-0.3, -0.25) is 19.4 Å². The van der Waals surface area contributed by atoms with Crippen LogP contribution in [-0.2, 0) is 22.6 Å². The fourth-order valence-electron chi connectivity index (χ4n) is 4.43. The van der Waals surface area contributed by atoms with Gasteiger partial charge in [-0.2, -0.15) is 5.26 Å². The molecule has 1 N–H and O–H groups in total. The molecule has 2 aromatic carbocycles. The average molecular weight is 460 g/mol. The Morgan fingerprint density at radius 2 is 1.68 bits per heavy atom. The Bertz CT molecular complexity index is 1090. The number of benzene rings is 2. The molecule has 0 bridgehead atoms. The van der Waals surface area contributed by atoms with Crippen molar-refractivity contribution in [2.75, 3.05) is 32.7 Å². The monoisotopic (exact) mass is 459 g/mol. The van der Waals surface area contributed by atoms with Crippen molar-refractivity contribution < 1.29 is 14.4 Å². The van der Waals surface area contributed by atoms with Gasteiger partial charge in [0.2, 0.25) is 5.91 Å². The molecule has 4 amide bonds. The first kappa shape index (κ1) is 23.5. The maximum absolute atomic E-state index is 13.0. The van der Waals surface area contributed by atoms with Crippen LogP contribution in [0.3, 0.4) is 0 Å². The van der Waals surface area contributed by atoms with E-state index in [-0.39, 0.29) is 18.4 Å². The third kappa shape index (κ3) is 5.26. The number of imide groups is 1. The Hall–Kier alpha value is -3.70. The predicted octanol–water partition coefficient (Wildman–Crippen LogP) is 2.15. The molecule has 1 atom stereocenters. The second kappa shape index (κ2) is 10.1. The van der Waals surface area contributed by atoms with E-state index in [1.807, 2.05) is 42.5 Å². The Morgan fingerprint density at radius 1 is 1.00 bits per heavy atom. The molecule has 176 valence electrons. The Kier molecular flexibility index (Phi) is 6.94. The van der Waals surface area contributed by atoms with E-state index in [4.69, 9.17) is 5.26 Å². The first-order valence-electron chi connectivity index (χ1n) is 11.6. The fourth-order valence-corrected chi connectivity index (χ4v) is 4.43. The number of nitriles is 1. The standard InChI is InChI=1S/C26H29N5O3/c1-26(12-11-20-5-3-2-4-6-20)24(33)31(25(34)28-26)19-23(32)30-15-13-29(14-16-30)18-22-9-7-21(17-27)8-10-22/h2-10H,11-16,18-19H2,1H3,(H,28,34). The van der Waals surface area contributed by atoms with Crippen LogP contribution >= 0.6 is 0 Å². The van der Waals surface area contributed by atoms with Crippen molar-refractivity contribution in [3.8, 4) is 6.07 Å². The van der Waals surface area contributed by atoms with E-state index < -0.39 is 11.6 Å². The molecule has 2 aliphatic rings. The van der Waals surface area contributed by atoms with Crippen molar-refractivity contribution in [1.82, 2.24) is 20.0 Å². The molecule has 0 saturated carbocycles. The van der Waals surface area contributed by atoms with Crippen LogP contribution in [0.2, 0.25) is 0 Å². The maximum atomic E-state index is 13.0. The first-order chi connectivity index (χ1) is 16.4. The van der Waals surface area contributed by atoms with E-state index in [0.29, 0.717) is 44.6 Å². The smallest absolute Gasteiger partial charge is 0.325 e. The van der Waals surface area contributed by atoms with Crippen LogP contribution in [0.4, 0.5) is 4.79 Å². The lowest BCUT2D eigenvalue weighted by Crippen LogP contribution is -2.52. The molecule has 1 unspecified atom stereocenters. The van der Waals surface area contributed by atoms with Crippen LogP contribution in [0.1, 0.15) is 30.0 Å². The van der Waals surface area contributed by atoms with E-state index >= 15 is 0 Å². The molecule has 2 aliphatic heterocycles. The molecule has 34 heavy (non-hydrogen) atoms. The highest BCUT2D eigenvalue weighted by atomic mass is 16.2. The van der Waals surface area contributed by atoms with Crippen molar-refractivity contribution in [2.45, 2.75) is 31.8 Å². The van der Waals surface area contributed by atoms with Gasteiger partial charge in [0, 0.05) is 32.7 Å². The number of piperazine rings is 1.